The van der Waals surface area contributed by atoms with Crippen LogP contribution < -0.4 is 15.6 Å². The number of aryl methyl sites for hydroxylation is 2. The van der Waals surface area contributed by atoms with E-state index in [4.69, 9.17) is 4.74 Å². The zero-order valence-corrected chi connectivity index (χ0v) is 17.6. The second-order valence-corrected chi connectivity index (χ2v) is 7.33. The SMILES string of the molecule is COc1ccc(-c2cc3c(=O)n(CC(=O)NCc4ccc(C)cc4)nc(C)n3n2)cc1. The minimum Gasteiger partial charge on any atom is -0.497 e. The van der Waals surface area contributed by atoms with Crippen molar-refractivity contribution in [2.75, 3.05) is 7.11 Å². The molecule has 0 aliphatic carbocycles. The normalized spacial score (nSPS) is 10.9. The molecule has 0 fully saturated rings. The number of hydrogen-bond donors (Lipinski definition) is 1. The number of carbonyl (C=O) groups is 1. The van der Waals surface area contributed by atoms with Gasteiger partial charge in [-0.1, -0.05) is 29.8 Å². The third-order valence-corrected chi connectivity index (χ3v) is 5.02. The first kappa shape index (κ1) is 20.3. The van der Waals surface area contributed by atoms with Crippen molar-refractivity contribution in [2.45, 2.75) is 26.9 Å². The first-order valence-corrected chi connectivity index (χ1v) is 9.89. The Labute approximate surface area is 179 Å². The van der Waals surface area contributed by atoms with Crippen molar-refractivity contribution in [3.63, 3.8) is 0 Å². The topological polar surface area (TPSA) is 90.5 Å². The maximum absolute atomic E-state index is 12.9. The zero-order valence-electron chi connectivity index (χ0n) is 17.6. The maximum atomic E-state index is 12.9. The molecule has 1 amide bonds. The van der Waals surface area contributed by atoms with Crippen LogP contribution in [0.4, 0.5) is 0 Å². The van der Waals surface area contributed by atoms with Gasteiger partial charge in [0.25, 0.3) is 5.56 Å². The van der Waals surface area contributed by atoms with Crippen LogP contribution in [0.5, 0.6) is 5.75 Å². The number of methoxy groups -OCH3 is 1. The van der Waals surface area contributed by atoms with Gasteiger partial charge in [-0.25, -0.2) is 9.20 Å². The van der Waals surface area contributed by atoms with Crippen molar-refractivity contribution in [3.8, 4) is 17.0 Å². The van der Waals surface area contributed by atoms with Gasteiger partial charge in [-0.2, -0.15) is 10.2 Å². The van der Waals surface area contributed by atoms with Crippen LogP contribution in [0.25, 0.3) is 16.8 Å². The van der Waals surface area contributed by atoms with E-state index in [1.54, 1.807) is 20.1 Å². The fraction of sp³-hybridized carbons (Fsp3) is 0.217. The van der Waals surface area contributed by atoms with Crippen LogP contribution in [0.3, 0.4) is 0 Å². The smallest absolute Gasteiger partial charge is 0.293 e. The van der Waals surface area contributed by atoms with Gasteiger partial charge in [0.1, 0.15) is 23.6 Å². The van der Waals surface area contributed by atoms with E-state index in [9.17, 15) is 9.59 Å². The standard InChI is InChI=1S/C23H23N5O3/c1-15-4-6-17(7-5-15)13-24-22(29)14-27-23(30)21-12-20(26-28(21)16(2)25-27)18-8-10-19(31-3)11-9-18/h4-12H,13-14H2,1-3H3,(H,24,29). The number of ether oxygens (including phenoxy) is 1. The van der Waals surface area contributed by atoms with Crippen molar-refractivity contribution < 1.29 is 9.53 Å². The molecule has 0 radical (unpaired) electrons. The lowest BCUT2D eigenvalue weighted by molar-refractivity contribution is -0.122. The summed E-state index contributed by atoms with van der Waals surface area (Å²) >= 11 is 0. The highest BCUT2D eigenvalue weighted by atomic mass is 16.5. The second-order valence-electron chi connectivity index (χ2n) is 7.33. The van der Waals surface area contributed by atoms with Crippen LogP contribution in [0.1, 0.15) is 17.0 Å². The molecule has 31 heavy (non-hydrogen) atoms. The quantitative estimate of drug-likeness (QED) is 0.521. The van der Waals surface area contributed by atoms with Crippen molar-refractivity contribution in [1.82, 2.24) is 24.7 Å². The van der Waals surface area contributed by atoms with Gasteiger partial charge in [-0.3, -0.25) is 9.59 Å². The minimum absolute atomic E-state index is 0.162. The van der Waals surface area contributed by atoms with Gasteiger partial charge < -0.3 is 10.1 Å². The molecule has 0 unspecified atom stereocenters. The molecule has 0 aliphatic rings. The summed E-state index contributed by atoms with van der Waals surface area (Å²) < 4.78 is 7.86. The number of nitrogens with zero attached hydrogens (tertiary/aromatic N) is 4. The molecule has 8 nitrogen and oxygen atoms in total. The van der Waals surface area contributed by atoms with E-state index in [0.29, 0.717) is 23.6 Å². The van der Waals surface area contributed by atoms with Crippen molar-refractivity contribution in [1.29, 1.82) is 0 Å². The summed E-state index contributed by atoms with van der Waals surface area (Å²) in [5.74, 6) is 0.971. The zero-order chi connectivity index (χ0) is 22.0. The van der Waals surface area contributed by atoms with Crippen molar-refractivity contribution in [3.05, 3.63) is 81.9 Å². The van der Waals surface area contributed by atoms with Crippen LogP contribution in [0, 0.1) is 13.8 Å². The molecule has 0 bridgehead atoms. The number of carbonyl (C=O) groups excluding carboxylic acids is 1. The number of benzene rings is 2. The molecule has 2 aromatic carbocycles. The van der Waals surface area contributed by atoms with Gasteiger partial charge in [0.15, 0.2) is 0 Å². The predicted molar refractivity (Wildman–Crippen MR) is 117 cm³/mol. The van der Waals surface area contributed by atoms with Crippen LogP contribution in [-0.4, -0.2) is 32.4 Å². The Morgan fingerprint density at radius 2 is 1.74 bits per heavy atom. The largest absolute Gasteiger partial charge is 0.497 e. The lowest BCUT2D eigenvalue weighted by Crippen LogP contribution is -2.34. The molecule has 1 N–H and O–H groups in total. The first-order chi connectivity index (χ1) is 14.9. The Kier molecular flexibility index (Phi) is 5.53. The van der Waals surface area contributed by atoms with Crippen molar-refractivity contribution >= 4 is 11.4 Å². The Morgan fingerprint density at radius 1 is 1.03 bits per heavy atom. The van der Waals surface area contributed by atoms with E-state index in [1.165, 1.54) is 9.20 Å². The van der Waals surface area contributed by atoms with E-state index in [-0.39, 0.29) is 18.0 Å². The average Bonchev–Trinajstić information content (AvgIpc) is 3.23. The summed E-state index contributed by atoms with van der Waals surface area (Å²) in [6.07, 6.45) is 0. The van der Waals surface area contributed by atoms with E-state index in [2.05, 4.69) is 15.5 Å². The second kappa shape index (κ2) is 8.43. The Bertz CT molecular complexity index is 1290. The Hall–Kier alpha value is -3.94. The number of amides is 1. The number of aromatic nitrogens is 4. The van der Waals surface area contributed by atoms with E-state index < -0.39 is 0 Å². The highest BCUT2D eigenvalue weighted by Gasteiger charge is 2.15. The molecule has 0 aliphatic heterocycles. The van der Waals surface area contributed by atoms with Crippen molar-refractivity contribution in [2.24, 2.45) is 0 Å². The predicted octanol–water partition coefficient (Wildman–Crippen LogP) is 2.50. The van der Waals surface area contributed by atoms with Gasteiger partial charge in [-0.15, -0.1) is 0 Å². The minimum atomic E-state index is -0.372. The number of nitrogens with one attached hydrogen (secondary N) is 1. The molecule has 4 aromatic rings. The molecule has 2 aromatic heterocycles. The molecule has 0 saturated carbocycles. The van der Waals surface area contributed by atoms with Gasteiger partial charge in [-0.05, 0) is 49.7 Å². The van der Waals surface area contributed by atoms with Gasteiger partial charge in [0.05, 0.1) is 12.8 Å². The lowest BCUT2D eigenvalue weighted by Gasteiger charge is -2.08. The summed E-state index contributed by atoms with van der Waals surface area (Å²) in [6.45, 7) is 3.99. The Balaban J connectivity index is 1.55. The van der Waals surface area contributed by atoms with E-state index >= 15 is 0 Å². The van der Waals surface area contributed by atoms with Crippen LogP contribution in [-0.2, 0) is 17.9 Å². The fourth-order valence-electron chi connectivity index (χ4n) is 3.28. The molecule has 0 atom stereocenters. The third kappa shape index (κ3) is 4.32. The fourth-order valence-corrected chi connectivity index (χ4v) is 3.28. The summed E-state index contributed by atoms with van der Waals surface area (Å²) in [5, 5.41) is 11.6. The molecular formula is C23H23N5O3. The van der Waals surface area contributed by atoms with Gasteiger partial charge in [0, 0.05) is 12.1 Å². The number of rotatable bonds is 6. The van der Waals surface area contributed by atoms with Crippen LogP contribution in [0.2, 0.25) is 0 Å². The highest BCUT2D eigenvalue weighted by Crippen LogP contribution is 2.21. The van der Waals surface area contributed by atoms with E-state index in [1.807, 2.05) is 55.5 Å². The molecule has 4 rings (SSSR count). The summed E-state index contributed by atoms with van der Waals surface area (Å²) in [4.78, 5) is 25.3. The molecule has 8 heteroatoms. The number of fused-ring (bicyclic) bond motifs is 1. The molecule has 0 saturated heterocycles. The highest BCUT2D eigenvalue weighted by molar-refractivity contribution is 5.75. The van der Waals surface area contributed by atoms with Gasteiger partial charge >= 0.3 is 0 Å². The summed E-state index contributed by atoms with van der Waals surface area (Å²) in [7, 11) is 1.61. The van der Waals surface area contributed by atoms with Crippen LogP contribution in [0.15, 0.2) is 59.4 Å². The summed E-state index contributed by atoms with van der Waals surface area (Å²) in [6, 6.07) is 17.0. The Morgan fingerprint density at radius 3 is 2.42 bits per heavy atom. The van der Waals surface area contributed by atoms with E-state index in [0.717, 1.165) is 22.4 Å². The summed E-state index contributed by atoms with van der Waals surface area (Å²) in [5.41, 5.74) is 3.64. The molecule has 2 heterocycles. The third-order valence-electron chi connectivity index (χ3n) is 5.02. The van der Waals surface area contributed by atoms with Gasteiger partial charge in [0.2, 0.25) is 5.91 Å². The number of hydrogen-bond acceptors (Lipinski definition) is 5. The molecule has 158 valence electrons. The maximum Gasteiger partial charge on any atom is 0.293 e. The average molecular weight is 417 g/mol. The molecule has 0 spiro atoms. The monoisotopic (exact) mass is 417 g/mol. The van der Waals surface area contributed by atoms with Crippen LogP contribution >= 0.6 is 0 Å². The first-order valence-electron chi connectivity index (χ1n) is 9.89. The lowest BCUT2D eigenvalue weighted by atomic mass is 10.1. The molecular weight excluding hydrogens is 394 g/mol.